The summed E-state index contributed by atoms with van der Waals surface area (Å²) in [6.45, 7) is 11.3. The second kappa shape index (κ2) is 15.1. The summed E-state index contributed by atoms with van der Waals surface area (Å²) in [7, 11) is 0. The lowest BCUT2D eigenvalue weighted by atomic mass is 9.69. The first-order valence-corrected chi connectivity index (χ1v) is 19.1. The molecule has 3 atom stereocenters. The summed E-state index contributed by atoms with van der Waals surface area (Å²) in [4.78, 5) is 46.2. The Hall–Kier alpha value is -4.04. The molecule has 0 radical (unpaired) electrons. The van der Waals surface area contributed by atoms with Crippen LogP contribution in [0.5, 0.6) is 0 Å². The molecule has 0 spiro atoms. The van der Waals surface area contributed by atoms with Crippen molar-refractivity contribution in [3.05, 3.63) is 93.8 Å². The number of nitrogens with one attached hydrogen (secondary N) is 1. The van der Waals surface area contributed by atoms with Crippen LogP contribution in [0.15, 0.2) is 73.0 Å². The van der Waals surface area contributed by atoms with Gasteiger partial charge in [0.05, 0.1) is 16.5 Å². The van der Waals surface area contributed by atoms with Gasteiger partial charge >= 0.3 is 5.97 Å². The Balaban J connectivity index is 1.11. The summed E-state index contributed by atoms with van der Waals surface area (Å²) in [5.41, 5.74) is 5.00. The Kier molecular flexibility index (Phi) is 10.8. The number of amides is 2. The maximum Gasteiger partial charge on any atom is 0.310 e. The lowest BCUT2D eigenvalue weighted by Crippen LogP contribution is -2.59. The van der Waals surface area contributed by atoms with Gasteiger partial charge in [-0.3, -0.25) is 19.4 Å². The van der Waals surface area contributed by atoms with Crippen molar-refractivity contribution in [3.8, 4) is 11.3 Å². The van der Waals surface area contributed by atoms with E-state index in [0.29, 0.717) is 23.1 Å². The molecule has 2 unspecified atom stereocenters. The molecule has 3 aliphatic rings. The summed E-state index contributed by atoms with van der Waals surface area (Å²) in [6.07, 6.45) is 16.2. The molecule has 3 heterocycles. The number of thiophene rings is 1. The second-order valence-corrected chi connectivity index (χ2v) is 16.7. The first kappa shape index (κ1) is 35.8. The van der Waals surface area contributed by atoms with E-state index in [9.17, 15) is 19.5 Å². The number of allylic oxidation sites excluding steroid dienone is 4. The highest BCUT2D eigenvalue weighted by atomic mass is 32.1. The minimum absolute atomic E-state index is 0.0852. The number of hydrogen-bond donors (Lipinski definition) is 2. The molecule has 3 aromatic rings. The zero-order chi connectivity index (χ0) is 35.6. The van der Waals surface area contributed by atoms with Gasteiger partial charge in [0.2, 0.25) is 5.91 Å². The Bertz CT molecular complexity index is 1740. The molecule has 6 rings (SSSR count). The number of rotatable bonds is 10. The molecule has 2 aromatic heterocycles. The van der Waals surface area contributed by atoms with Crippen LogP contribution in [-0.4, -0.2) is 51.9 Å². The zero-order valence-corrected chi connectivity index (χ0v) is 30.8. The highest BCUT2D eigenvalue weighted by Crippen LogP contribution is 2.41. The average Bonchev–Trinajstić information content (AvgIpc) is 3.60. The standard InChI is InChI=1S/C42H51N3O4S/c1-6-27-7-11-29(12-8-27)34-17-15-31(21-26(34)2)32-16-18-35(43-23-32)30-13-9-28(10-14-30)22-36(40(47)45-24-33(25-45)41(48)49)44-39(46)37-19-20-38(50-37)42(3,4)5/h9-10,13-21,23,26-27,29,33-34,36H,6-8,11-12,22,24-25H2,1-5H3,(H,44,46)(H,48,49)/t26?,27-,29-,34?,36-/m0/s1. The molecule has 1 aliphatic heterocycles. The number of aliphatic carboxylic acids is 1. The molecule has 0 bridgehead atoms. The third kappa shape index (κ3) is 8.12. The molecule has 1 aromatic carbocycles. The summed E-state index contributed by atoms with van der Waals surface area (Å²) in [5, 5.41) is 12.3. The molecule has 2 fully saturated rings. The van der Waals surface area contributed by atoms with E-state index in [1.807, 2.05) is 36.5 Å². The number of carbonyl (C=O) groups excluding carboxylic acids is 2. The van der Waals surface area contributed by atoms with Crippen molar-refractivity contribution in [2.75, 3.05) is 13.1 Å². The van der Waals surface area contributed by atoms with E-state index in [1.54, 1.807) is 6.07 Å². The molecule has 7 nitrogen and oxygen atoms in total. The van der Waals surface area contributed by atoms with Gasteiger partial charge in [0.25, 0.3) is 5.91 Å². The van der Waals surface area contributed by atoms with Gasteiger partial charge in [-0.05, 0) is 76.8 Å². The number of benzene rings is 1. The minimum atomic E-state index is -0.907. The summed E-state index contributed by atoms with van der Waals surface area (Å²) in [6, 6.07) is 15.1. The fourth-order valence-corrected chi connectivity index (χ4v) is 8.68. The first-order chi connectivity index (χ1) is 23.9. The Morgan fingerprint density at radius 2 is 1.68 bits per heavy atom. The van der Waals surface area contributed by atoms with Gasteiger partial charge < -0.3 is 15.3 Å². The van der Waals surface area contributed by atoms with E-state index in [2.05, 4.69) is 70.3 Å². The van der Waals surface area contributed by atoms with Crippen molar-refractivity contribution >= 4 is 34.7 Å². The molecule has 2 N–H and O–H groups in total. The Morgan fingerprint density at radius 3 is 2.26 bits per heavy atom. The van der Waals surface area contributed by atoms with Crippen LogP contribution in [0.25, 0.3) is 16.8 Å². The highest BCUT2D eigenvalue weighted by Gasteiger charge is 2.39. The molecule has 8 heteroatoms. The van der Waals surface area contributed by atoms with Gasteiger partial charge in [-0.1, -0.05) is 102 Å². The van der Waals surface area contributed by atoms with E-state index in [1.165, 1.54) is 53.9 Å². The summed E-state index contributed by atoms with van der Waals surface area (Å²) < 4.78 is 0. The van der Waals surface area contributed by atoms with Crippen molar-refractivity contribution in [2.24, 2.45) is 29.6 Å². The van der Waals surface area contributed by atoms with Gasteiger partial charge in [0.15, 0.2) is 0 Å². The van der Waals surface area contributed by atoms with E-state index in [4.69, 9.17) is 4.98 Å². The molecule has 1 saturated heterocycles. The topological polar surface area (TPSA) is 99.6 Å². The largest absolute Gasteiger partial charge is 0.481 e. The number of carbonyl (C=O) groups is 3. The van der Waals surface area contributed by atoms with Crippen LogP contribution in [0.2, 0.25) is 0 Å². The third-order valence-electron chi connectivity index (χ3n) is 11.1. The number of likely N-dealkylation sites (tertiary alicyclic amines) is 1. The average molecular weight is 694 g/mol. The van der Waals surface area contributed by atoms with Gasteiger partial charge in [0, 0.05) is 36.1 Å². The zero-order valence-electron chi connectivity index (χ0n) is 30.0. The van der Waals surface area contributed by atoms with Gasteiger partial charge in [0.1, 0.15) is 6.04 Å². The van der Waals surface area contributed by atoms with Crippen LogP contribution in [0.4, 0.5) is 0 Å². The van der Waals surface area contributed by atoms with Crippen molar-refractivity contribution < 1.29 is 19.5 Å². The number of nitrogens with zero attached hydrogens (tertiary/aromatic N) is 2. The molecule has 50 heavy (non-hydrogen) atoms. The number of hydrogen-bond acceptors (Lipinski definition) is 5. The SMILES string of the molecule is CC[C@H]1CC[C@H](C2C=CC(c3ccc(-c4ccc(C[C@H](NC(=O)c5ccc(C(C)(C)C)s5)C(=O)N5CC(C(=O)O)C5)cc4)nc3)=CC2C)CC1. The van der Waals surface area contributed by atoms with Gasteiger partial charge in [-0.25, -0.2) is 0 Å². The van der Waals surface area contributed by atoms with E-state index < -0.39 is 17.9 Å². The van der Waals surface area contributed by atoms with Crippen LogP contribution < -0.4 is 5.32 Å². The van der Waals surface area contributed by atoms with Crippen LogP contribution in [0.3, 0.4) is 0 Å². The maximum atomic E-state index is 13.5. The van der Waals surface area contributed by atoms with Crippen LogP contribution in [0, 0.1) is 29.6 Å². The van der Waals surface area contributed by atoms with Crippen molar-refractivity contribution in [3.63, 3.8) is 0 Å². The lowest BCUT2D eigenvalue weighted by molar-refractivity contribution is -0.153. The molecule has 264 valence electrons. The number of carboxylic acid groups (broad SMARTS) is 1. The van der Waals surface area contributed by atoms with Crippen molar-refractivity contribution in [1.29, 1.82) is 0 Å². The summed E-state index contributed by atoms with van der Waals surface area (Å²) >= 11 is 1.43. The summed E-state index contributed by atoms with van der Waals surface area (Å²) in [5.74, 6) is 0.799. The van der Waals surface area contributed by atoms with Gasteiger partial charge in [-0.2, -0.15) is 0 Å². The number of carboxylic acids is 1. The lowest BCUT2D eigenvalue weighted by Gasteiger charge is -2.38. The molecular weight excluding hydrogens is 643 g/mol. The van der Waals surface area contributed by atoms with Crippen LogP contribution in [0.1, 0.15) is 92.4 Å². The fourth-order valence-electron chi connectivity index (χ4n) is 7.71. The Morgan fingerprint density at radius 1 is 0.980 bits per heavy atom. The second-order valence-electron chi connectivity index (χ2n) is 15.7. The maximum absolute atomic E-state index is 13.5. The fraction of sp³-hybridized carbons (Fsp3) is 0.476. The number of pyridine rings is 1. The minimum Gasteiger partial charge on any atom is -0.481 e. The monoisotopic (exact) mass is 693 g/mol. The van der Waals surface area contributed by atoms with E-state index >= 15 is 0 Å². The van der Waals surface area contributed by atoms with Crippen LogP contribution >= 0.6 is 11.3 Å². The predicted octanol–water partition coefficient (Wildman–Crippen LogP) is 8.41. The Labute approximate surface area is 300 Å². The molecule has 2 aliphatic carbocycles. The highest BCUT2D eigenvalue weighted by molar-refractivity contribution is 7.14. The van der Waals surface area contributed by atoms with E-state index in [0.717, 1.165) is 39.1 Å². The quantitative estimate of drug-likeness (QED) is 0.222. The molecule has 2 amide bonds. The third-order valence-corrected chi connectivity index (χ3v) is 12.6. The smallest absolute Gasteiger partial charge is 0.310 e. The molecular formula is C42H51N3O4S. The van der Waals surface area contributed by atoms with Crippen molar-refractivity contribution in [1.82, 2.24) is 15.2 Å². The van der Waals surface area contributed by atoms with Crippen LogP contribution in [-0.2, 0) is 21.4 Å². The normalized spacial score (nSPS) is 23.1. The van der Waals surface area contributed by atoms with Gasteiger partial charge in [-0.15, -0.1) is 11.3 Å². The van der Waals surface area contributed by atoms with E-state index in [-0.39, 0.29) is 30.3 Å². The predicted molar refractivity (Wildman–Crippen MR) is 201 cm³/mol. The van der Waals surface area contributed by atoms with Crippen molar-refractivity contribution in [2.45, 2.75) is 84.6 Å². The molecule has 1 saturated carbocycles. The first-order valence-electron chi connectivity index (χ1n) is 18.3. The number of aromatic nitrogens is 1.